The average molecular weight is 124 g/mol. The van der Waals surface area contributed by atoms with Crippen LogP contribution < -0.4 is 4.98 Å². The second-order valence-electron chi connectivity index (χ2n) is 1.16. The molecule has 1 N–H and O–H groups in total. The molecule has 0 aliphatic carbocycles. The van der Waals surface area contributed by atoms with E-state index in [1.165, 1.54) is 0 Å². The maximum Gasteiger partial charge on any atom is 0.210 e. The van der Waals surface area contributed by atoms with Gasteiger partial charge in [-0.25, -0.2) is 0 Å². The van der Waals surface area contributed by atoms with Crippen LogP contribution in [0.2, 0.25) is 6.04 Å². The third-order valence-corrected chi connectivity index (χ3v) is 3.60. The number of hydrogen-bond donors (Lipinski definition) is 1. The molecular formula is C3H10ClNSi. The van der Waals surface area contributed by atoms with Gasteiger partial charge in [0.1, 0.15) is 0 Å². The lowest BCUT2D eigenvalue weighted by molar-refractivity contribution is 1.20. The molecule has 0 amide bonds. The van der Waals surface area contributed by atoms with E-state index in [9.17, 15) is 0 Å². The Balaban J connectivity index is 2.75. The summed E-state index contributed by atoms with van der Waals surface area (Å²) in [6, 6.07) is 1.12. The van der Waals surface area contributed by atoms with E-state index < -0.39 is 8.27 Å². The average Bonchev–Trinajstić information content (AvgIpc) is 1.65. The molecule has 0 aliphatic heterocycles. The van der Waals surface area contributed by atoms with Gasteiger partial charge in [0.05, 0.1) is 0 Å². The molecule has 0 aromatic rings. The second-order valence-corrected chi connectivity index (χ2v) is 5.07. The van der Waals surface area contributed by atoms with Crippen LogP contribution in [-0.2, 0) is 0 Å². The van der Waals surface area contributed by atoms with Crippen molar-refractivity contribution in [1.29, 1.82) is 0 Å². The van der Waals surface area contributed by atoms with Crippen LogP contribution in [0.5, 0.6) is 0 Å². The highest BCUT2D eigenvalue weighted by atomic mass is 35.6. The molecular weight excluding hydrogens is 114 g/mol. The van der Waals surface area contributed by atoms with E-state index in [4.69, 9.17) is 11.1 Å². The minimum Gasteiger partial charge on any atom is -0.331 e. The third kappa shape index (κ3) is 2.69. The Bertz CT molecular complexity index is 30.0. The molecule has 0 radical (unpaired) electrons. The van der Waals surface area contributed by atoms with Crippen LogP contribution in [0.4, 0.5) is 0 Å². The van der Waals surface area contributed by atoms with Crippen LogP contribution in [0.15, 0.2) is 0 Å². The van der Waals surface area contributed by atoms with Crippen molar-refractivity contribution in [3.8, 4) is 0 Å². The molecule has 0 aliphatic rings. The molecule has 0 rings (SSSR count). The first-order valence-corrected chi connectivity index (χ1v) is 5.26. The predicted octanol–water partition coefficient (Wildman–Crippen LogP) is 0.685. The van der Waals surface area contributed by atoms with Gasteiger partial charge in [0.2, 0.25) is 8.27 Å². The fraction of sp³-hybridized carbons (Fsp3) is 1.00. The lowest BCUT2D eigenvalue weighted by atomic mass is 11.0. The Labute approximate surface area is 45.1 Å². The number of nitrogens with one attached hydrogen (secondary N) is 1. The summed E-state index contributed by atoms with van der Waals surface area (Å²) >= 11 is 5.68. The fourth-order valence-electron chi connectivity index (χ4n) is 0.204. The van der Waals surface area contributed by atoms with Gasteiger partial charge < -0.3 is 4.98 Å². The topological polar surface area (TPSA) is 12.0 Å². The molecule has 38 valence electrons. The molecule has 6 heavy (non-hydrogen) atoms. The van der Waals surface area contributed by atoms with Gasteiger partial charge in [0.25, 0.3) is 0 Å². The molecule has 0 fully saturated rings. The van der Waals surface area contributed by atoms with Crippen LogP contribution in [0.25, 0.3) is 0 Å². The van der Waals surface area contributed by atoms with Crippen molar-refractivity contribution >= 4 is 19.3 Å². The van der Waals surface area contributed by atoms with Gasteiger partial charge in [0, 0.05) is 0 Å². The largest absolute Gasteiger partial charge is 0.331 e. The van der Waals surface area contributed by atoms with E-state index in [-0.39, 0.29) is 0 Å². The number of halogens is 1. The van der Waals surface area contributed by atoms with Crippen LogP contribution in [0, 0.1) is 0 Å². The van der Waals surface area contributed by atoms with Crippen molar-refractivity contribution < 1.29 is 0 Å². The standard InChI is InChI=1S/C3H10ClNSi/c1-3-6(4)5-2/h5-6H,3H2,1-2H3. The van der Waals surface area contributed by atoms with Crippen LogP contribution in [-0.4, -0.2) is 15.3 Å². The van der Waals surface area contributed by atoms with Crippen LogP contribution in [0.1, 0.15) is 6.92 Å². The quantitative estimate of drug-likeness (QED) is 0.421. The highest BCUT2D eigenvalue weighted by Gasteiger charge is 1.94. The Morgan fingerprint density at radius 2 is 2.33 bits per heavy atom. The molecule has 0 spiro atoms. The van der Waals surface area contributed by atoms with Crippen molar-refractivity contribution in [3.05, 3.63) is 0 Å². The minimum absolute atomic E-state index is 0.938. The molecule has 3 heteroatoms. The summed E-state index contributed by atoms with van der Waals surface area (Å²) < 4.78 is 0. The summed E-state index contributed by atoms with van der Waals surface area (Å²) in [5.41, 5.74) is 0. The molecule has 0 heterocycles. The highest BCUT2D eigenvalue weighted by Crippen LogP contribution is 1.87. The van der Waals surface area contributed by atoms with E-state index >= 15 is 0 Å². The third-order valence-electron chi connectivity index (χ3n) is 0.672. The highest BCUT2D eigenvalue weighted by molar-refractivity contribution is 7.05. The van der Waals surface area contributed by atoms with Gasteiger partial charge in [0.15, 0.2) is 0 Å². The summed E-state index contributed by atoms with van der Waals surface area (Å²) in [6.45, 7) is 2.10. The monoisotopic (exact) mass is 123 g/mol. The molecule has 0 bridgehead atoms. The van der Waals surface area contributed by atoms with Gasteiger partial charge >= 0.3 is 0 Å². The van der Waals surface area contributed by atoms with Gasteiger partial charge in [-0.15, -0.1) is 0 Å². The lowest BCUT2D eigenvalue weighted by Gasteiger charge is -1.96. The SMILES string of the molecule is CC[SiH](Cl)NC. The first kappa shape index (κ1) is 6.47. The molecule has 0 saturated heterocycles. The Kier molecular flexibility index (Phi) is 3.93. The van der Waals surface area contributed by atoms with E-state index in [1.807, 2.05) is 7.05 Å². The summed E-state index contributed by atoms with van der Waals surface area (Å²) in [6.07, 6.45) is 0. The Hall–Kier alpha value is 0.467. The summed E-state index contributed by atoms with van der Waals surface area (Å²) in [4.78, 5) is 3.02. The van der Waals surface area contributed by atoms with E-state index in [0.29, 0.717) is 0 Å². The Morgan fingerprint density at radius 3 is 2.33 bits per heavy atom. The molecule has 0 aromatic heterocycles. The van der Waals surface area contributed by atoms with Crippen LogP contribution >= 0.6 is 11.1 Å². The van der Waals surface area contributed by atoms with Crippen LogP contribution in [0.3, 0.4) is 0 Å². The van der Waals surface area contributed by atoms with E-state index in [2.05, 4.69) is 11.9 Å². The molecule has 1 atom stereocenters. The van der Waals surface area contributed by atoms with Crippen molar-refractivity contribution in [2.24, 2.45) is 0 Å². The maximum atomic E-state index is 5.68. The van der Waals surface area contributed by atoms with Crippen molar-refractivity contribution in [2.45, 2.75) is 13.0 Å². The predicted molar refractivity (Wildman–Crippen MR) is 32.5 cm³/mol. The van der Waals surface area contributed by atoms with Gasteiger partial charge in [-0.2, -0.15) is 11.1 Å². The zero-order valence-corrected chi connectivity index (χ0v) is 6.07. The van der Waals surface area contributed by atoms with Gasteiger partial charge in [-0.05, 0) is 13.1 Å². The smallest absolute Gasteiger partial charge is 0.210 e. The molecule has 1 unspecified atom stereocenters. The zero-order valence-electron chi connectivity index (χ0n) is 4.16. The van der Waals surface area contributed by atoms with Gasteiger partial charge in [-0.3, -0.25) is 0 Å². The van der Waals surface area contributed by atoms with Crippen molar-refractivity contribution in [1.82, 2.24) is 4.98 Å². The molecule has 1 nitrogen and oxygen atoms in total. The molecule has 0 aromatic carbocycles. The number of hydrogen-bond acceptors (Lipinski definition) is 1. The maximum absolute atomic E-state index is 5.68. The van der Waals surface area contributed by atoms with Crippen molar-refractivity contribution in [2.75, 3.05) is 7.05 Å². The summed E-state index contributed by atoms with van der Waals surface area (Å²) in [5.74, 6) is 0. The summed E-state index contributed by atoms with van der Waals surface area (Å²) in [7, 11) is 0.972. The second kappa shape index (κ2) is 3.65. The van der Waals surface area contributed by atoms with E-state index in [0.717, 1.165) is 6.04 Å². The first-order chi connectivity index (χ1) is 2.81. The lowest BCUT2D eigenvalue weighted by Crippen LogP contribution is -2.21. The van der Waals surface area contributed by atoms with E-state index in [1.54, 1.807) is 0 Å². The zero-order chi connectivity index (χ0) is 4.99. The summed E-state index contributed by atoms with van der Waals surface area (Å²) in [5, 5.41) is 0. The fourth-order valence-corrected chi connectivity index (χ4v) is 0.612. The van der Waals surface area contributed by atoms with Gasteiger partial charge in [-0.1, -0.05) is 6.92 Å². The Morgan fingerprint density at radius 1 is 1.83 bits per heavy atom. The first-order valence-electron chi connectivity index (χ1n) is 2.12. The normalized spacial score (nSPS) is 14.5. The number of rotatable bonds is 2. The van der Waals surface area contributed by atoms with Crippen molar-refractivity contribution in [3.63, 3.8) is 0 Å². The minimum atomic E-state index is -0.938. The molecule has 0 saturated carbocycles.